The van der Waals surface area contributed by atoms with Crippen LogP contribution in [0.5, 0.6) is 5.75 Å². The van der Waals surface area contributed by atoms with Gasteiger partial charge in [-0.1, -0.05) is 69.6 Å². The van der Waals surface area contributed by atoms with Crippen molar-refractivity contribution in [3.8, 4) is 5.75 Å². The average molecular weight is 396 g/mol. The molecule has 0 radical (unpaired) electrons. The molecule has 0 aliphatic rings. The van der Waals surface area contributed by atoms with E-state index in [4.69, 9.17) is 0 Å². The summed E-state index contributed by atoms with van der Waals surface area (Å²) < 4.78 is 0. The first-order chi connectivity index (χ1) is 13.8. The Hall–Kier alpha value is -1.87. The zero-order valence-corrected chi connectivity index (χ0v) is 17.7. The second kappa shape index (κ2) is 11.9. The Morgan fingerprint density at radius 2 is 1.39 bits per heavy atom. The lowest BCUT2D eigenvalue weighted by atomic mass is 10.0. The third-order valence-corrected chi connectivity index (χ3v) is 6.47. The lowest BCUT2D eigenvalue weighted by Gasteiger charge is -2.07. The molecule has 0 aliphatic heterocycles. The summed E-state index contributed by atoms with van der Waals surface area (Å²) in [6.45, 7) is 0. The second-order valence-corrected chi connectivity index (χ2v) is 8.79. The number of unbranched alkanes of at least 4 members (excludes halogenated alkanes) is 9. The summed E-state index contributed by atoms with van der Waals surface area (Å²) in [4.78, 5) is 5.85. The van der Waals surface area contributed by atoms with Crippen molar-refractivity contribution in [1.29, 1.82) is 0 Å². The van der Waals surface area contributed by atoms with Crippen molar-refractivity contribution in [1.82, 2.24) is 4.98 Å². The number of hydrogen-bond donors (Lipinski definition) is 1. The number of nitrogens with zero attached hydrogens (tertiary/aromatic N) is 1. The van der Waals surface area contributed by atoms with Crippen molar-refractivity contribution in [3.05, 3.63) is 58.4 Å². The largest absolute Gasteiger partial charge is 0.506 e. The van der Waals surface area contributed by atoms with E-state index < -0.39 is 0 Å². The van der Waals surface area contributed by atoms with Gasteiger partial charge in [0.05, 0.1) is 0 Å². The minimum Gasteiger partial charge on any atom is -0.506 e. The number of hydrogen-bond acceptors (Lipinski definition) is 3. The topological polar surface area (TPSA) is 33.1 Å². The van der Waals surface area contributed by atoms with Crippen LogP contribution >= 0.6 is 11.3 Å². The maximum Gasteiger partial charge on any atom is 0.141 e. The molecule has 0 bridgehead atoms. The zero-order valence-electron chi connectivity index (χ0n) is 16.9. The Balaban J connectivity index is 1.19. The minimum absolute atomic E-state index is 0.283. The Labute approximate surface area is 173 Å². The van der Waals surface area contributed by atoms with E-state index in [9.17, 15) is 5.11 Å². The molecule has 1 N–H and O–H groups in total. The van der Waals surface area contributed by atoms with Crippen LogP contribution in [0.1, 0.15) is 74.6 Å². The lowest BCUT2D eigenvalue weighted by molar-refractivity contribution is 0.480. The Kier molecular flexibility index (Phi) is 8.83. The summed E-state index contributed by atoms with van der Waals surface area (Å²) in [5.74, 6) is 0.283. The second-order valence-electron chi connectivity index (χ2n) is 7.76. The SMILES string of the molecule is Oc1ccc(CCCCCCCCCCCCc2cccs2)c2cccnc12. The molecule has 0 spiro atoms. The van der Waals surface area contributed by atoms with Crippen LogP contribution in [-0.4, -0.2) is 10.1 Å². The molecule has 2 aromatic heterocycles. The average Bonchev–Trinajstić information content (AvgIpc) is 3.24. The maximum atomic E-state index is 9.94. The summed E-state index contributed by atoms with van der Waals surface area (Å²) in [5.41, 5.74) is 2.04. The third kappa shape index (κ3) is 6.63. The number of fused-ring (bicyclic) bond motifs is 1. The number of phenols is 1. The van der Waals surface area contributed by atoms with Crippen LogP contribution in [0.4, 0.5) is 0 Å². The first-order valence-electron chi connectivity index (χ1n) is 10.9. The van der Waals surface area contributed by atoms with Gasteiger partial charge in [-0.3, -0.25) is 4.98 Å². The number of aromatic hydroxyl groups is 1. The highest BCUT2D eigenvalue weighted by molar-refractivity contribution is 7.09. The number of benzene rings is 1. The van der Waals surface area contributed by atoms with Gasteiger partial charge in [-0.2, -0.15) is 0 Å². The Morgan fingerprint density at radius 3 is 2.07 bits per heavy atom. The molecule has 0 saturated carbocycles. The fraction of sp³-hybridized carbons (Fsp3) is 0.480. The molecule has 0 amide bonds. The highest BCUT2D eigenvalue weighted by Gasteiger charge is 2.05. The van der Waals surface area contributed by atoms with Gasteiger partial charge in [-0.15, -0.1) is 11.3 Å². The van der Waals surface area contributed by atoms with E-state index in [1.165, 1.54) is 81.1 Å². The molecule has 1 aromatic carbocycles. The molecule has 3 aromatic rings. The van der Waals surface area contributed by atoms with Crippen LogP contribution < -0.4 is 0 Å². The molecule has 28 heavy (non-hydrogen) atoms. The molecule has 2 nitrogen and oxygen atoms in total. The molecule has 150 valence electrons. The molecule has 2 heterocycles. The molecule has 0 unspecified atom stereocenters. The van der Waals surface area contributed by atoms with Crippen LogP contribution in [0, 0.1) is 0 Å². The summed E-state index contributed by atoms with van der Waals surface area (Å²) in [7, 11) is 0. The van der Waals surface area contributed by atoms with Crippen LogP contribution in [0.2, 0.25) is 0 Å². The first-order valence-corrected chi connectivity index (χ1v) is 11.8. The predicted molar refractivity (Wildman–Crippen MR) is 121 cm³/mol. The third-order valence-electron chi connectivity index (χ3n) is 5.54. The quantitative estimate of drug-likeness (QED) is 0.301. The Morgan fingerprint density at radius 1 is 0.714 bits per heavy atom. The van der Waals surface area contributed by atoms with Crippen molar-refractivity contribution in [3.63, 3.8) is 0 Å². The van der Waals surface area contributed by atoms with Gasteiger partial charge < -0.3 is 5.11 Å². The molecule has 3 rings (SSSR count). The maximum absolute atomic E-state index is 9.94. The number of thiophene rings is 1. The van der Waals surface area contributed by atoms with Gasteiger partial charge in [0.15, 0.2) is 0 Å². The van der Waals surface area contributed by atoms with Crippen molar-refractivity contribution < 1.29 is 5.11 Å². The van der Waals surface area contributed by atoms with Gasteiger partial charge in [0.25, 0.3) is 0 Å². The molecule has 0 fully saturated rings. The van der Waals surface area contributed by atoms with E-state index in [0.717, 1.165) is 17.3 Å². The smallest absolute Gasteiger partial charge is 0.141 e. The summed E-state index contributed by atoms with van der Waals surface area (Å²) in [6, 6.07) is 12.3. The summed E-state index contributed by atoms with van der Waals surface area (Å²) >= 11 is 1.89. The van der Waals surface area contributed by atoms with Crippen LogP contribution in [0.3, 0.4) is 0 Å². The molecular weight excluding hydrogens is 362 g/mol. The number of pyridine rings is 1. The van der Waals surface area contributed by atoms with Gasteiger partial charge in [0.1, 0.15) is 11.3 Å². The van der Waals surface area contributed by atoms with E-state index in [1.54, 1.807) is 12.3 Å². The van der Waals surface area contributed by atoms with Gasteiger partial charge >= 0.3 is 0 Å². The zero-order chi connectivity index (χ0) is 19.4. The number of rotatable bonds is 13. The fourth-order valence-electron chi connectivity index (χ4n) is 3.92. The van der Waals surface area contributed by atoms with Crippen LogP contribution in [-0.2, 0) is 12.8 Å². The van der Waals surface area contributed by atoms with Gasteiger partial charge in [-0.05, 0) is 54.8 Å². The van der Waals surface area contributed by atoms with E-state index in [1.807, 2.05) is 17.4 Å². The first kappa shape index (κ1) is 20.9. The number of phenolic OH excluding ortho intramolecular Hbond substituents is 1. The highest BCUT2D eigenvalue weighted by atomic mass is 32.1. The van der Waals surface area contributed by atoms with E-state index in [2.05, 4.69) is 34.6 Å². The summed E-state index contributed by atoms with van der Waals surface area (Å²) in [5, 5.41) is 13.2. The normalized spacial score (nSPS) is 11.3. The van der Waals surface area contributed by atoms with E-state index in [-0.39, 0.29) is 5.75 Å². The van der Waals surface area contributed by atoms with Crippen molar-refractivity contribution in [2.45, 2.75) is 77.0 Å². The standard InChI is InChI=1S/C25H33NOS/c27-24-18-17-21(23-16-11-19-26-25(23)24)13-9-7-5-3-1-2-4-6-8-10-14-22-15-12-20-28-22/h11-12,15-20,27H,1-10,13-14H2. The van der Waals surface area contributed by atoms with Gasteiger partial charge in [0.2, 0.25) is 0 Å². The predicted octanol–water partition coefficient (Wildman–Crippen LogP) is 7.69. The Bertz CT molecular complexity index is 813. The van der Waals surface area contributed by atoms with Crippen molar-refractivity contribution in [2.24, 2.45) is 0 Å². The lowest BCUT2D eigenvalue weighted by Crippen LogP contribution is -1.90. The van der Waals surface area contributed by atoms with Gasteiger partial charge in [-0.25, -0.2) is 0 Å². The number of aryl methyl sites for hydroxylation is 2. The van der Waals surface area contributed by atoms with E-state index >= 15 is 0 Å². The summed E-state index contributed by atoms with van der Waals surface area (Å²) in [6.07, 6.45) is 17.6. The van der Waals surface area contributed by atoms with Gasteiger partial charge in [0, 0.05) is 16.5 Å². The minimum atomic E-state index is 0.283. The molecule has 0 saturated heterocycles. The van der Waals surface area contributed by atoms with Crippen molar-refractivity contribution >= 4 is 22.2 Å². The van der Waals surface area contributed by atoms with Crippen LogP contribution in [0.15, 0.2) is 48.0 Å². The monoisotopic (exact) mass is 395 g/mol. The van der Waals surface area contributed by atoms with E-state index in [0.29, 0.717) is 0 Å². The molecular formula is C25H33NOS. The highest BCUT2D eigenvalue weighted by Crippen LogP contribution is 2.26. The van der Waals surface area contributed by atoms with Crippen molar-refractivity contribution in [2.75, 3.05) is 0 Å². The van der Waals surface area contributed by atoms with Crippen LogP contribution in [0.25, 0.3) is 10.9 Å². The molecule has 0 aliphatic carbocycles. The molecule has 3 heteroatoms. The fourth-order valence-corrected chi connectivity index (χ4v) is 4.67. The molecule has 0 atom stereocenters. The number of aromatic nitrogens is 1.